The van der Waals surface area contributed by atoms with E-state index in [2.05, 4.69) is 73.5 Å². The van der Waals surface area contributed by atoms with Crippen LogP contribution in [0.2, 0.25) is 0 Å². The van der Waals surface area contributed by atoms with E-state index in [1.807, 2.05) is 0 Å². The van der Waals surface area contributed by atoms with Gasteiger partial charge in [-0.3, -0.25) is 0 Å². The van der Waals surface area contributed by atoms with Gasteiger partial charge >= 0.3 is 0 Å². The molecule has 2 aromatic carbocycles. The summed E-state index contributed by atoms with van der Waals surface area (Å²) < 4.78 is 0. The van der Waals surface area contributed by atoms with Gasteiger partial charge in [-0.1, -0.05) is 60.2 Å². The maximum Gasteiger partial charge on any atom is 0.00531 e. The minimum absolute atomic E-state index is 0.609. The smallest absolute Gasteiger partial charge is 0.00531 e. The number of rotatable bonds is 2. The van der Waals surface area contributed by atoms with E-state index in [0.29, 0.717) is 11.8 Å². The zero-order chi connectivity index (χ0) is 13.9. The highest BCUT2D eigenvalue weighted by molar-refractivity contribution is 5.31. The predicted molar refractivity (Wildman–Crippen MR) is 85.2 cm³/mol. The van der Waals surface area contributed by atoms with Crippen LogP contribution in [-0.4, -0.2) is 25.0 Å². The lowest BCUT2D eigenvalue weighted by Gasteiger charge is -2.37. The molecule has 0 unspecified atom stereocenters. The highest BCUT2D eigenvalue weighted by Crippen LogP contribution is 2.39. The van der Waals surface area contributed by atoms with Gasteiger partial charge in [0, 0.05) is 12.5 Å². The van der Waals surface area contributed by atoms with Gasteiger partial charge in [-0.05, 0) is 44.0 Å². The van der Waals surface area contributed by atoms with Crippen molar-refractivity contribution in [2.45, 2.75) is 25.2 Å². The molecule has 0 radical (unpaired) electrons. The molecule has 1 fully saturated rings. The van der Waals surface area contributed by atoms with E-state index in [4.69, 9.17) is 0 Å². The first-order chi connectivity index (χ1) is 9.74. The zero-order valence-electron chi connectivity index (χ0n) is 12.4. The zero-order valence-corrected chi connectivity index (χ0v) is 12.4. The van der Waals surface area contributed by atoms with E-state index in [9.17, 15) is 0 Å². The van der Waals surface area contributed by atoms with Crippen LogP contribution in [0.3, 0.4) is 0 Å². The van der Waals surface area contributed by atoms with Crippen molar-refractivity contribution in [3.8, 4) is 0 Å². The molecule has 0 aliphatic carbocycles. The summed E-state index contributed by atoms with van der Waals surface area (Å²) in [5, 5.41) is 0. The van der Waals surface area contributed by atoms with Crippen LogP contribution in [0.15, 0.2) is 54.6 Å². The Balaban J connectivity index is 1.92. The topological polar surface area (TPSA) is 3.24 Å². The van der Waals surface area contributed by atoms with Gasteiger partial charge in [0.1, 0.15) is 0 Å². The quantitative estimate of drug-likeness (QED) is 0.786. The van der Waals surface area contributed by atoms with Gasteiger partial charge in [0.2, 0.25) is 0 Å². The number of likely N-dealkylation sites (N-methyl/N-ethyl adjacent to an activating group) is 1. The Kier molecular flexibility index (Phi) is 3.88. The first-order valence-electron chi connectivity index (χ1n) is 7.54. The fourth-order valence-corrected chi connectivity index (χ4v) is 3.37. The van der Waals surface area contributed by atoms with Gasteiger partial charge in [-0.15, -0.1) is 0 Å². The van der Waals surface area contributed by atoms with Gasteiger partial charge in [-0.25, -0.2) is 0 Å². The van der Waals surface area contributed by atoms with Gasteiger partial charge in [-0.2, -0.15) is 0 Å². The summed E-state index contributed by atoms with van der Waals surface area (Å²) in [5.74, 6) is 1.26. The number of aryl methyl sites for hydroxylation is 1. The fraction of sp³-hybridized carbons (Fsp3) is 0.368. The van der Waals surface area contributed by atoms with E-state index < -0.39 is 0 Å². The second-order valence-corrected chi connectivity index (χ2v) is 6.09. The number of likely N-dealkylation sites (tertiary alicyclic amines) is 1. The van der Waals surface area contributed by atoms with Crippen molar-refractivity contribution in [1.29, 1.82) is 0 Å². The van der Waals surface area contributed by atoms with Crippen molar-refractivity contribution in [3.05, 3.63) is 71.3 Å². The molecule has 0 N–H and O–H groups in total. The molecular weight excluding hydrogens is 242 g/mol. The molecule has 0 aromatic heterocycles. The van der Waals surface area contributed by atoms with Gasteiger partial charge in [0.05, 0.1) is 0 Å². The molecular formula is C19H23N. The summed E-state index contributed by atoms with van der Waals surface area (Å²) in [5.41, 5.74) is 4.32. The Labute approximate surface area is 122 Å². The number of hydrogen-bond acceptors (Lipinski definition) is 1. The van der Waals surface area contributed by atoms with E-state index in [0.717, 1.165) is 6.54 Å². The van der Waals surface area contributed by atoms with Gasteiger partial charge in [0.15, 0.2) is 0 Å². The lowest BCUT2D eigenvalue weighted by molar-refractivity contribution is 0.227. The van der Waals surface area contributed by atoms with Crippen LogP contribution in [0.1, 0.15) is 34.9 Å². The number of benzene rings is 2. The summed E-state index contributed by atoms with van der Waals surface area (Å²) in [4.78, 5) is 2.46. The second kappa shape index (κ2) is 5.80. The SMILES string of the molecule is Cc1ccc([C@H]2CCN(C)C[C@@H]2c2ccccc2)cc1. The normalized spacial score (nSPS) is 23.7. The molecule has 1 nitrogen and oxygen atoms in total. The number of nitrogens with zero attached hydrogens (tertiary/aromatic N) is 1. The molecule has 0 amide bonds. The van der Waals surface area contributed by atoms with Gasteiger partial charge in [0.25, 0.3) is 0 Å². The molecule has 1 heteroatoms. The molecule has 1 heterocycles. The summed E-state index contributed by atoms with van der Waals surface area (Å²) >= 11 is 0. The van der Waals surface area contributed by atoms with Crippen molar-refractivity contribution < 1.29 is 0 Å². The van der Waals surface area contributed by atoms with Crippen molar-refractivity contribution in [1.82, 2.24) is 4.90 Å². The predicted octanol–water partition coefficient (Wildman–Crippen LogP) is 4.20. The maximum atomic E-state index is 2.46. The van der Waals surface area contributed by atoms with Crippen molar-refractivity contribution in [3.63, 3.8) is 0 Å². The average Bonchev–Trinajstić information content (AvgIpc) is 2.49. The van der Waals surface area contributed by atoms with Gasteiger partial charge < -0.3 is 4.90 Å². The molecule has 2 aromatic rings. The van der Waals surface area contributed by atoms with Crippen LogP contribution in [0.5, 0.6) is 0 Å². The average molecular weight is 265 g/mol. The van der Waals surface area contributed by atoms with E-state index in [1.54, 1.807) is 0 Å². The number of piperidine rings is 1. The third-order valence-corrected chi connectivity index (χ3v) is 4.55. The summed E-state index contributed by atoms with van der Waals surface area (Å²) in [6.45, 7) is 4.51. The minimum Gasteiger partial charge on any atom is -0.306 e. The van der Waals surface area contributed by atoms with Crippen LogP contribution in [0.4, 0.5) is 0 Å². The Morgan fingerprint density at radius 3 is 2.20 bits per heavy atom. The summed E-state index contributed by atoms with van der Waals surface area (Å²) in [6.07, 6.45) is 1.25. The van der Waals surface area contributed by atoms with Crippen LogP contribution in [0, 0.1) is 6.92 Å². The molecule has 0 spiro atoms. The van der Waals surface area contributed by atoms with Crippen LogP contribution >= 0.6 is 0 Å². The Hall–Kier alpha value is -1.60. The molecule has 3 rings (SSSR count). The van der Waals surface area contributed by atoms with E-state index in [-0.39, 0.29) is 0 Å². The minimum atomic E-state index is 0.609. The van der Waals surface area contributed by atoms with Crippen LogP contribution in [0.25, 0.3) is 0 Å². The molecule has 20 heavy (non-hydrogen) atoms. The standard InChI is InChI=1S/C19H23N/c1-15-8-10-17(11-9-15)18-12-13-20(2)14-19(18)16-6-4-3-5-7-16/h3-11,18-19H,12-14H2,1-2H3/t18-,19-/m1/s1. The Morgan fingerprint density at radius 1 is 0.850 bits per heavy atom. The molecule has 1 saturated heterocycles. The highest BCUT2D eigenvalue weighted by atomic mass is 15.1. The Morgan fingerprint density at radius 2 is 1.50 bits per heavy atom. The molecule has 0 bridgehead atoms. The molecule has 104 valence electrons. The van der Waals surface area contributed by atoms with Crippen molar-refractivity contribution in [2.24, 2.45) is 0 Å². The molecule has 0 saturated carbocycles. The molecule has 1 aliphatic heterocycles. The fourth-order valence-electron chi connectivity index (χ4n) is 3.37. The second-order valence-electron chi connectivity index (χ2n) is 6.09. The molecule has 1 aliphatic rings. The monoisotopic (exact) mass is 265 g/mol. The van der Waals surface area contributed by atoms with Crippen molar-refractivity contribution >= 4 is 0 Å². The largest absolute Gasteiger partial charge is 0.306 e. The third kappa shape index (κ3) is 2.78. The molecule has 2 atom stereocenters. The third-order valence-electron chi connectivity index (χ3n) is 4.55. The highest BCUT2D eigenvalue weighted by Gasteiger charge is 2.29. The summed E-state index contributed by atoms with van der Waals surface area (Å²) in [7, 11) is 2.24. The lowest BCUT2D eigenvalue weighted by Crippen LogP contribution is -2.35. The lowest BCUT2D eigenvalue weighted by atomic mass is 9.77. The maximum absolute atomic E-state index is 2.46. The van der Waals surface area contributed by atoms with E-state index >= 15 is 0 Å². The van der Waals surface area contributed by atoms with Crippen LogP contribution in [-0.2, 0) is 0 Å². The van der Waals surface area contributed by atoms with Crippen LogP contribution < -0.4 is 0 Å². The Bertz CT molecular complexity index is 544. The first-order valence-corrected chi connectivity index (χ1v) is 7.54. The number of hydrogen-bond donors (Lipinski definition) is 0. The van der Waals surface area contributed by atoms with E-state index in [1.165, 1.54) is 29.7 Å². The summed E-state index contributed by atoms with van der Waals surface area (Å²) in [6, 6.07) is 20.1. The van der Waals surface area contributed by atoms with Crippen molar-refractivity contribution in [2.75, 3.05) is 20.1 Å². The first kappa shape index (κ1) is 13.4.